The molecule has 6 nitrogen and oxygen atoms in total. The Labute approximate surface area is 151 Å². The van der Waals surface area contributed by atoms with Gasteiger partial charge in [-0.3, -0.25) is 9.59 Å². The number of thiophene rings is 1. The molecule has 0 aliphatic rings. The van der Waals surface area contributed by atoms with Gasteiger partial charge in [0, 0.05) is 17.7 Å². The zero-order chi connectivity index (χ0) is 18.6. The van der Waals surface area contributed by atoms with Crippen molar-refractivity contribution in [1.29, 1.82) is 0 Å². The molecular weight excluding hydrogens is 360 g/mol. The van der Waals surface area contributed by atoms with E-state index in [1.54, 1.807) is 25.1 Å². The number of amides is 1. The first-order chi connectivity index (χ1) is 11.7. The molecule has 1 atom stereocenters. The van der Waals surface area contributed by atoms with E-state index < -0.39 is 10.0 Å². The molecule has 1 amide bonds. The lowest BCUT2D eigenvalue weighted by molar-refractivity contribution is -0.121. The van der Waals surface area contributed by atoms with Crippen molar-refractivity contribution in [1.82, 2.24) is 5.32 Å². The summed E-state index contributed by atoms with van der Waals surface area (Å²) in [5, 5.41) is 7.85. The minimum atomic E-state index is -3.73. The number of rotatable bonds is 7. The summed E-state index contributed by atoms with van der Waals surface area (Å²) >= 11 is 1.42. The van der Waals surface area contributed by atoms with Gasteiger partial charge in [0.15, 0.2) is 5.78 Å². The second-order valence-corrected chi connectivity index (χ2v) is 8.59. The van der Waals surface area contributed by atoms with Crippen LogP contribution in [0, 0.1) is 6.92 Å². The average Bonchev–Trinajstić information content (AvgIpc) is 2.98. The third-order valence-corrected chi connectivity index (χ3v) is 5.65. The fraction of sp³-hybridized carbons (Fsp3) is 0.294. The number of ketones is 1. The molecule has 0 spiro atoms. The number of benzene rings is 1. The van der Waals surface area contributed by atoms with Crippen LogP contribution < -0.4 is 10.5 Å². The number of Topliss-reactive ketones (excluding diaryl/α,β-unsaturated/α-hetero) is 1. The van der Waals surface area contributed by atoms with Gasteiger partial charge in [-0.25, -0.2) is 13.6 Å². The lowest BCUT2D eigenvalue weighted by Gasteiger charge is -2.14. The number of aryl methyl sites for hydroxylation is 1. The van der Waals surface area contributed by atoms with Gasteiger partial charge >= 0.3 is 0 Å². The number of primary sulfonamides is 1. The molecule has 1 aromatic heterocycles. The van der Waals surface area contributed by atoms with Crippen LogP contribution in [0.4, 0.5) is 0 Å². The summed E-state index contributed by atoms with van der Waals surface area (Å²) < 4.78 is 22.5. The molecule has 1 aromatic carbocycles. The van der Waals surface area contributed by atoms with Crippen molar-refractivity contribution in [3.8, 4) is 0 Å². The molecule has 0 fully saturated rings. The minimum Gasteiger partial charge on any atom is -0.350 e. The fourth-order valence-corrected chi connectivity index (χ4v) is 3.63. The van der Waals surface area contributed by atoms with E-state index in [1.807, 2.05) is 13.0 Å². The van der Waals surface area contributed by atoms with E-state index in [0.29, 0.717) is 4.88 Å². The van der Waals surface area contributed by atoms with Crippen molar-refractivity contribution in [3.63, 3.8) is 0 Å². The van der Waals surface area contributed by atoms with Crippen LogP contribution in [0.25, 0.3) is 0 Å². The first-order valence-electron chi connectivity index (χ1n) is 7.68. The Bertz CT molecular complexity index is 870. The number of sulfonamides is 1. The van der Waals surface area contributed by atoms with E-state index in [4.69, 9.17) is 5.14 Å². The molecule has 8 heteroatoms. The molecule has 2 aromatic rings. The van der Waals surface area contributed by atoms with Crippen molar-refractivity contribution < 1.29 is 18.0 Å². The van der Waals surface area contributed by atoms with Crippen LogP contribution in [0.3, 0.4) is 0 Å². The van der Waals surface area contributed by atoms with Crippen LogP contribution >= 0.6 is 11.3 Å². The smallest absolute Gasteiger partial charge is 0.238 e. The molecule has 0 saturated carbocycles. The zero-order valence-electron chi connectivity index (χ0n) is 14.0. The van der Waals surface area contributed by atoms with Gasteiger partial charge in [-0.05, 0) is 43.7 Å². The van der Waals surface area contributed by atoms with Crippen LogP contribution in [0.1, 0.15) is 45.9 Å². The molecule has 0 bridgehead atoms. The Balaban J connectivity index is 1.88. The number of hydrogen-bond donors (Lipinski definition) is 2. The van der Waals surface area contributed by atoms with Crippen molar-refractivity contribution in [2.75, 3.05) is 0 Å². The average molecular weight is 380 g/mol. The second kappa shape index (κ2) is 7.90. The summed E-state index contributed by atoms with van der Waals surface area (Å²) in [6.45, 7) is 3.71. The van der Waals surface area contributed by atoms with Crippen molar-refractivity contribution in [2.45, 2.75) is 37.6 Å². The summed E-state index contributed by atoms with van der Waals surface area (Å²) in [7, 11) is -3.73. The quantitative estimate of drug-likeness (QED) is 0.720. The standard InChI is InChI=1S/C17H20N2O4S2/c1-11-3-9-16(24-11)15(20)8-10-17(21)19-12(2)13-4-6-14(7-5-13)25(18,22)23/h3-7,9,12H,8,10H2,1-2H3,(H,19,21)(H2,18,22,23). The van der Waals surface area contributed by atoms with Crippen LogP contribution in [0.15, 0.2) is 41.3 Å². The Hall–Kier alpha value is -2.03. The summed E-state index contributed by atoms with van der Waals surface area (Å²) in [4.78, 5) is 25.8. The van der Waals surface area contributed by atoms with E-state index in [0.717, 1.165) is 10.4 Å². The van der Waals surface area contributed by atoms with E-state index in [9.17, 15) is 18.0 Å². The van der Waals surface area contributed by atoms with Gasteiger partial charge < -0.3 is 5.32 Å². The highest BCUT2D eigenvalue weighted by molar-refractivity contribution is 7.89. The number of hydrogen-bond acceptors (Lipinski definition) is 5. The normalized spacial score (nSPS) is 12.6. The first-order valence-corrected chi connectivity index (χ1v) is 10.0. The zero-order valence-corrected chi connectivity index (χ0v) is 15.6. The van der Waals surface area contributed by atoms with E-state index >= 15 is 0 Å². The molecule has 1 unspecified atom stereocenters. The molecule has 25 heavy (non-hydrogen) atoms. The van der Waals surface area contributed by atoms with Gasteiger partial charge in [0.05, 0.1) is 15.8 Å². The maximum atomic E-state index is 12.0. The molecule has 0 radical (unpaired) electrons. The molecule has 134 valence electrons. The predicted octanol–water partition coefficient (Wildman–Crippen LogP) is 2.54. The van der Waals surface area contributed by atoms with E-state index in [-0.39, 0.29) is 35.5 Å². The van der Waals surface area contributed by atoms with Gasteiger partial charge in [-0.2, -0.15) is 0 Å². The number of carbonyl (C=O) groups is 2. The summed E-state index contributed by atoms with van der Waals surface area (Å²) in [6, 6.07) is 9.35. The Morgan fingerprint density at radius 2 is 1.76 bits per heavy atom. The van der Waals surface area contributed by atoms with E-state index in [2.05, 4.69) is 5.32 Å². The lowest BCUT2D eigenvalue weighted by atomic mass is 10.1. The van der Waals surface area contributed by atoms with Gasteiger partial charge in [0.25, 0.3) is 0 Å². The monoisotopic (exact) mass is 380 g/mol. The first kappa shape index (κ1) is 19.3. The highest BCUT2D eigenvalue weighted by atomic mass is 32.2. The Morgan fingerprint density at radius 3 is 2.28 bits per heavy atom. The maximum absolute atomic E-state index is 12.0. The molecule has 0 saturated heterocycles. The molecule has 0 aliphatic heterocycles. The van der Waals surface area contributed by atoms with Crippen molar-refractivity contribution >= 4 is 33.1 Å². The topological polar surface area (TPSA) is 106 Å². The van der Waals surface area contributed by atoms with Crippen LogP contribution in [0.2, 0.25) is 0 Å². The molecule has 3 N–H and O–H groups in total. The summed E-state index contributed by atoms with van der Waals surface area (Å²) in [6.07, 6.45) is 0.262. The highest BCUT2D eigenvalue weighted by Gasteiger charge is 2.14. The molecular formula is C17H20N2O4S2. The van der Waals surface area contributed by atoms with E-state index in [1.165, 1.54) is 23.5 Å². The number of nitrogens with two attached hydrogens (primary N) is 1. The Morgan fingerprint density at radius 1 is 1.12 bits per heavy atom. The third-order valence-electron chi connectivity index (χ3n) is 3.68. The van der Waals surface area contributed by atoms with Gasteiger partial charge in [-0.1, -0.05) is 12.1 Å². The van der Waals surface area contributed by atoms with Gasteiger partial charge in [0.1, 0.15) is 0 Å². The summed E-state index contributed by atoms with van der Waals surface area (Å²) in [5.74, 6) is -0.275. The number of carbonyl (C=O) groups excluding carboxylic acids is 2. The maximum Gasteiger partial charge on any atom is 0.238 e. The van der Waals surface area contributed by atoms with Crippen LogP contribution in [-0.2, 0) is 14.8 Å². The fourth-order valence-electron chi connectivity index (χ4n) is 2.28. The largest absolute Gasteiger partial charge is 0.350 e. The van der Waals surface area contributed by atoms with Crippen LogP contribution in [0.5, 0.6) is 0 Å². The SMILES string of the molecule is Cc1ccc(C(=O)CCC(=O)NC(C)c2ccc(S(N)(=O)=O)cc2)s1. The molecule has 1 heterocycles. The Kier molecular flexibility index (Phi) is 6.10. The number of nitrogens with one attached hydrogen (secondary N) is 1. The van der Waals surface area contributed by atoms with Crippen molar-refractivity contribution in [3.05, 3.63) is 51.7 Å². The molecule has 0 aliphatic carbocycles. The predicted molar refractivity (Wildman–Crippen MR) is 97.0 cm³/mol. The van der Waals surface area contributed by atoms with Crippen LogP contribution in [-0.4, -0.2) is 20.1 Å². The van der Waals surface area contributed by atoms with Crippen molar-refractivity contribution in [2.24, 2.45) is 5.14 Å². The molecule has 2 rings (SSSR count). The van der Waals surface area contributed by atoms with Gasteiger partial charge in [-0.15, -0.1) is 11.3 Å². The van der Waals surface area contributed by atoms with Gasteiger partial charge in [0.2, 0.25) is 15.9 Å². The third kappa shape index (κ3) is 5.48. The lowest BCUT2D eigenvalue weighted by Crippen LogP contribution is -2.27. The highest BCUT2D eigenvalue weighted by Crippen LogP contribution is 2.18. The minimum absolute atomic E-state index is 0.0200. The second-order valence-electron chi connectivity index (χ2n) is 5.74. The summed E-state index contributed by atoms with van der Waals surface area (Å²) in [5.41, 5.74) is 0.751.